The number of aryl methyl sites for hydroxylation is 1. The number of thioether (sulfide) groups is 1. The number of aromatic nitrogens is 2. The minimum absolute atomic E-state index is 0.136. The van der Waals surface area contributed by atoms with E-state index in [1.165, 1.54) is 7.11 Å². The molecular formula is C15H18N2O3S. The molecule has 2 rings (SSSR count). The number of hydrogen-bond acceptors (Lipinski definition) is 4. The Balaban J connectivity index is 2.45. The third kappa shape index (κ3) is 3.39. The molecule has 0 fully saturated rings. The van der Waals surface area contributed by atoms with Gasteiger partial charge < -0.3 is 9.84 Å². The third-order valence-corrected chi connectivity index (χ3v) is 4.22. The highest BCUT2D eigenvalue weighted by Gasteiger charge is 2.24. The van der Waals surface area contributed by atoms with Gasteiger partial charge in [0, 0.05) is 22.1 Å². The standard InChI is InChI=1S/C15H18N2O3S/c1-9-14(15(19)17-16-9)12(8-13(18)20-2)10-4-6-11(21-3)7-5-10/h4-7,12H,8H2,1-3H3,(H2,16,17,19). The van der Waals surface area contributed by atoms with Gasteiger partial charge in [-0.25, -0.2) is 0 Å². The Bertz CT molecular complexity index is 673. The predicted molar refractivity (Wildman–Crippen MR) is 82.8 cm³/mol. The largest absolute Gasteiger partial charge is 0.469 e. The monoisotopic (exact) mass is 306 g/mol. The molecule has 1 aromatic heterocycles. The fraction of sp³-hybridized carbons (Fsp3) is 0.333. The highest BCUT2D eigenvalue weighted by atomic mass is 32.2. The number of rotatable bonds is 5. The van der Waals surface area contributed by atoms with Crippen molar-refractivity contribution in [2.24, 2.45) is 0 Å². The minimum atomic E-state index is -0.339. The number of nitrogens with one attached hydrogen (secondary N) is 2. The number of ether oxygens (including phenoxy) is 1. The van der Waals surface area contributed by atoms with Crippen LogP contribution in [0.25, 0.3) is 0 Å². The maximum Gasteiger partial charge on any atom is 0.306 e. The zero-order valence-corrected chi connectivity index (χ0v) is 13.0. The number of hydrogen-bond donors (Lipinski definition) is 2. The second-order valence-corrected chi connectivity index (χ2v) is 5.60. The number of H-pyrrole nitrogens is 2. The molecule has 1 aromatic carbocycles. The molecule has 2 N–H and O–H groups in total. The zero-order chi connectivity index (χ0) is 15.4. The van der Waals surface area contributed by atoms with E-state index in [0.29, 0.717) is 5.56 Å². The van der Waals surface area contributed by atoms with E-state index < -0.39 is 0 Å². The van der Waals surface area contributed by atoms with E-state index in [2.05, 4.69) is 10.2 Å². The fourth-order valence-corrected chi connectivity index (χ4v) is 2.76. The number of methoxy groups -OCH3 is 1. The van der Waals surface area contributed by atoms with Gasteiger partial charge in [0.05, 0.1) is 13.5 Å². The van der Waals surface area contributed by atoms with Crippen LogP contribution in [0.5, 0.6) is 0 Å². The lowest BCUT2D eigenvalue weighted by atomic mass is 9.89. The van der Waals surface area contributed by atoms with Gasteiger partial charge in [0.2, 0.25) is 0 Å². The minimum Gasteiger partial charge on any atom is -0.469 e. The van der Waals surface area contributed by atoms with Crippen molar-refractivity contribution >= 4 is 17.7 Å². The topological polar surface area (TPSA) is 75.0 Å². The molecule has 2 aromatic rings. The summed E-state index contributed by atoms with van der Waals surface area (Å²) in [4.78, 5) is 24.8. The Morgan fingerprint density at radius 1 is 1.29 bits per heavy atom. The van der Waals surface area contributed by atoms with Gasteiger partial charge in [0.1, 0.15) is 0 Å². The number of carbonyl (C=O) groups excluding carboxylic acids is 1. The lowest BCUT2D eigenvalue weighted by molar-refractivity contribution is -0.140. The first-order valence-electron chi connectivity index (χ1n) is 6.54. The van der Waals surface area contributed by atoms with Gasteiger partial charge in [-0.1, -0.05) is 12.1 Å². The molecule has 21 heavy (non-hydrogen) atoms. The summed E-state index contributed by atoms with van der Waals surface area (Å²) in [6.07, 6.45) is 2.14. The van der Waals surface area contributed by atoms with Gasteiger partial charge in [-0.15, -0.1) is 11.8 Å². The Labute approximate surface area is 127 Å². The molecule has 1 atom stereocenters. The lowest BCUT2D eigenvalue weighted by Crippen LogP contribution is -2.17. The first-order chi connectivity index (χ1) is 10.1. The van der Waals surface area contributed by atoms with E-state index in [4.69, 9.17) is 4.74 Å². The second-order valence-electron chi connectivity index (χ2n) is 4.72. The van der Waals surface area contributed by atoms with Crippen molar-refractivity contribution in [2.45, 2.75) is 24.2 Å². The van der Waals surface area contributed by atoms with Crippen molar-refractivity contribution in [2.75, 3.05) is 13.4 Å². The molecule has 1 heterocycles. The molecular weight excluding hydrogens is 288 g/mol. The van der Waals surface area contributed by atoms with E-state index in [9.17, 15) is 9.59 Å². The SMILES string of the molecule is COC(=O)CC(c1ccc(SC)cc1)c1c(C)[nH][nH]c1=O. The van der Waals surface area contributed by atoms with Gasteiger partial charge in [-0.05, 0) is 30.9 Å². The highest BCUT2D eigenvalue weighted by molar-refractivity contribution is 7.98. The Hall–Kier alpha value is -1.95. The Kier molecular flexibility index (Phi) is 4.90. The van der Waals surface area contributed by atoms with Crippen molar-refractivity contribution in [3.63, 3.8) is 0 Å². The van der Waals surface area contributed by atoms with Crippen molar-refractivity contribution in [3.05, 3.63) is 51.4 Å². The molecule has 0 radical (unpaired) electrons. The van der Waals surface area contributed by atoms with Gasteiger partial charge in [-0.2, -0.15) is 0 Å². The van der Waals surface area contributed by atoms with Crippen LogP contribution in [-0.4, -0.2) is 29.5 Å². The molecule has 0 amide bonds. The predicted octanol–water partition coefficient (Wildman–Crippen LogP) is 2.43. The maximum atomic E-state index is 12.0. The maximum absolute atomic E-state index is 12.0. The molecule has 0 bridgehead atoms. The van der Waals surface area contributed by atoms with Gasteiger partial charge in [0.15, 0.2) is 0 Å². The molecule has 0 saturated carbocycles. The van der Waals surface area contributed by atoms with E-state index in [0.717, 1.165) is 16.2 Å². The van der Waals surface area contributed by atoms with Crippen molar-refractivity contribution in [1.82, 2.24) is 10.2 Å². The summed E-state index contributed by atoms with van der Waals surface area (Å²) in [7, 11) is 1.35. The van der Waals surface area contributed by atoms with Crippen LogP contribution >= 0.6 is 11.8 Å². The summed E-state index contributed by atoms with van der Waals surface area (Å²) in [6.45, 7) is 1.81. The summed E-state index contributed by atoms with van der Waals surface area (Å²) in [5.74, 6) is -0.655. The summed E-state index contributed by atoms with van der Waals surface area (Å²) in [6, 6.07) is 7.87. The molecule has 6 heteroatoms. The molecule has 0 saturated heterocycles. The second kappa shape index (κ2) is 6.67. The summed E-state index contributed by atoms with van der Waals surface area (Å²) in [5.41, 5.74) is 2.04. The fourth-order valence-electron chi connectivity index (χ4n) is 2.35. The van der Waals surface area contributed by atoms with Crippen molar-refractivity contribution in [1.29, 1.82) is 0 Å². The lowest BCUT2D eigenvalue weighted by Gasteiger charge is -2.15. The van der Waals surface area contributed by atoms with Crippen LogP contribution in [0.1, 0.15) is 29.2 Å². The quantitative estimate of drug-likeness (QED) is 0.657. The van der Waals surface area contributed by atoms with Crippen LogP contribution < -0.4 is 5.56 Å². The summed E-state index contributed by atoms with van der Waals surface area (Å²) in [5, 5.41) is 5.37. The number of aromatic amines is 2. The Morgan fingerprint density at radius 2 is 1.95 bits per heavy atom. The van der Waals surface area contributed by atoms with Crippen LogP contribution in [0.2, 0.25) is 0 Å². The average Bonchev–Trinajstić information content (AvgIpc) is 2.84. The third-order valence-electron chi connectivity index (χ3n) is 3.48. The Morgan fingerprint density at radius 3 is 2.43 bits per heavy atom. The molecule has 0 spiro atoms. The highest BCUT2D eigenvalue weighted by Crippen LogP contribution is 2.29. The van der Waals surface area contributed by atoms with E-state index in [-0.39, 0.29) is 23.9 Å². The van der Waals surface area contributed by atoms with Gasteiger partial charge in [-0.3, -0.25) is 14.7 Å². The summed E-state index contributed by atoms with van der Waals surface area (Å²) < 4.78 is 4.76. The van der Waals surface area contributed by atoms with Crippen LogP contribution in [-0.2, 0) is 9.53 Å². The molecule has 0 aliphatic heterocycles. The smallest absolute Gasteiger partial charge is 0.306 e. The van der Waals surface area contributed by atoms with E-state index >= 15 is 0 Å². The number of benzene rings is 1. The average molecular weight is 306 g/mol. The first kappa shape index (κ1) is 15.4. The molecule has 0 aliphatic rings. The van der Waals surface area contributed by atoms with Crippen LogP contribution in [0.3, 0.4) is 0 Å². The first-order valence-corrected chi connectivity index (χ1v) is 7.77. The zero-order valence-electron chi connectivity index (χ0n) is 12.2. The van der Waals surface area contributed by atoms with Crippen molar-refractivity contribution in [3.8, 4) is 0 Å². The molecule has 0 aliphatic carbocycles. The molecule has 1 unspecified atom stereocenters. The van der Waals surface area contributed by atoms with E-state index in [1.54, 1.807) is 11.8 Å². The number of esters is 1. The van der Waals surface area contributed by atoms with Gasteiger partial charge in [0.25, 0.3) is 5.56 Å². The molecule has 5 nitrogen and oxygen atoms in total. The molecule has 112 valence electrons. The van der Waals surface area contributed by atoms with E-state index in [1.807, 2.05) is 37.4 Å². The normalized spacial score (nSPS) is 12.1. The summed E-state index contributed by atoms with van der Waals surface area (Å²) >= 11 is 1.65. The van der Waals surface area contributed by atoms with Crippen LogP contribution in [0.4, 0.5) is 0 Å². The van der Waals surface area contributed by atoms with Crippen LogP contribution in [0, 0.1) is 6.92 Å². The van der Waals surface area contributed by atoms with Crippen LogP contribution in [0.15, 0.2) is 34.0 Å². The number of carbonyl (C=O) groups is 1. The van der Waals surface area contributed by atoms with Crippen molar-refractivity contribution < 1.29 is 9.53 Å². The van der Waals surface area contributed by atoms with Gasteiger partial charge >= 0.3 is 5.97 Å².